The summed E-state index contributed by atoms with van der Waals surface area (Å²) >= 11 is 38.5. The van der Waals surface area contributed by atoms with Crippen molar-refractivity contribution in [3.05, 3.63) is 111 Å². The number of halogens is 9. The number of hydrogen-bond acceptors (Lipinski definition) is 10. The van der Waals surface area contributed by atoms with Gasteiger partial charge in [-0.15, -0.1) is 23.2 Å². The normalized spacial score (nSPS) is 11.7. The first kappa shape index (κ1) is 44.9. The molecule has 2 aromatic heterocycles. The van der Waals surface area contributed by atoms with Crippen LogP contribution in [-0.2, 0) is 20.7 Å². The first-order valence-corrected chi connectivity index (χ1v) is 19.2. The number of nitrogens with two attached hydrogens (primary N) is 1. The van der Waals surface area contributed by atoms with Gasteiger partial charge in [-0.2, -0.15) is 0 Å². The van der Waals surface area contributed by atoms with E-state index in [2.05, 4.69) is 30.6 Å². The highest BCUT2D eigenvalue weighted by Gasteiger charge is 2.13. The molecule has 1 aliphatic rings. The summed E-state index contributed by atoms with van der Waals surface area (Å²) in [5, 5.41) is 7.35. The van der Waals surface area contributed by atoms with Gasteiger partial charge in [-0.05, 0) is 84.6 Å². The molecule has 10 nitrogen and oxygen atoms in total. The number of carbonyl (C=O) groups excluding carboxylic acids is 2. The van der Waals surface area contributed by atoms with Crippen LogP contribution in [0.5, 0.6) is 0 Å². The topological polar surface area (TPSA) is 145 Å². The number of nitrogens with one attached hydrogen (secondary N) is 2. The lowest BCUT2D eigenvalue weighted by molar-refractivity contribution is -0.116. The Balaban J connectivity index is 0.000000201. The smallest absolute Gasteiger partial charge is 0.236 e. The number of nitrogens with zero attached hydrogens (tertiary/aromatic N) is 4. The van der Waals surface area contributed by atoms with Crippen LogP contribution in [0.15, 0.2) is 73.3 Å². The third kappa shape index (κ3) is 13.4. The zero-order valence-corrected chi connectivity index (χ0v) is 34.2. The molecule has 0 aliphatic carbocycles. The molecule has 4 aromatic carbocycles. The summed E-state index contributed by atoms with van der Waals surface area (Å²) in [4.78, 5) is 37.6. The van der Waals surface area contributed by atoms with Crippen LogP contribution in [0, 0.1) is 11.6 Å². The van der Waals surface area contributed by atoms with Gasteiger partial charge in [0.2, 0.25) is 5.24 Å². The molecule has 3 heterocycles. The van der Waals surface area contributed by atoms with Gasteiger partial charge in [-0.25, -0.2) is 28.7 Å². The highest BCUT2D eigenvalue weighted by atomic mass is 35.5. The predicted octanol–water partition coefficient (Wildman–Crippen LogP) is 11.4. The van der Waals surface area contributed by atoms with Crippen LogP contribution in [0.4, 0.5) is 37.5 Å². The van der Waals surface area contributed by atoms with Gasteiger partial charge >= 0.3 is 0 Å². The van der Waals surface area contributed by atoms with Crippen molar-refractivity contribution in [3.63, 3.8) is 0 Å². The molecule has 0 amide bonds. The molecule has 56 heavy (non-hydrogen) atoms. The second-order valence-electron chi connectivity index (χ2n) is 11.5. The lowest BCUT2D eigenvalue weighted by atomic mass is 10.1. The van der Waals surface area contributed by atoms with Gasteiger partial charge in [0, 0.05) is 36.1 Å². The van der Waals surface area contributed by atoms with Crippen LogP contribution in [-0.4, -0.2) is 55.9 Å². The number of ketones is 1. The molecule has 0 spiro atoms. The maximum Gasteiger partial charge on any atom is 0.236 e. The van der Waals surface area contributed by atoms with E-state index in [1.165, 1.54) is 37.6 Å². The first-order valence-electron chi connectivity index (χ1n) is 16.3. The van der Waals surface area contributed by atoms with Crippen molar-refractivity contribution >= 4 is 143 Å². The number of alkyl halides is 2. The van der Waals surface area contributed by atoms with Crippen LogP contribution in [0.1, 0.15) is 18.4 Å². The molecule has 0 unspecified atom stereocenters. The minimum atomic E-state index is -0.561. The van der Waals surface area contributed by atoms with Crippen molar-refractivity contribution in [2.45, 2.75) is 19.3 Å². The molecular formula is C37H30Cl7F2N7O3. The van der Waals surface area contributed by atoms with Crippen molar-refractivity contribution in [2.24, 2.45) is 0 Å². The number of ether oxygens (including phenoxy) is 1. The Labute approximate surface area is 354 Å². The molecular weight excluding hydrogens is 877 g/mol. The molecule has 1 aliphatic heterocycles. The second-order valence-corrected chi connectivity index (χ2v) is 14.1. The maximum atomic E-state index is 14.1. The van der Waals surface area contributed by atoms with Crippen molar-refractivity contribution < 1.29 is 23.1 Å². The van der Waals surface area contributed by atoms with Gasteiger partial charge in [0.05, 0.1) is 54.3 Å². The van der Waals surface area contributed by atoms with E-state index in [1.807, 2.05) is 0 Å². The summed E-state index contributed by atoms with van der Waals surface area (Å²) in [5.41, 5.74) is 8.76. The Morgan fingerprint density at radius 2 is 1.14 bits per heavy atom. The first-order chi connectivity index (χ1) is 26.8. The molecule has 0 atom stereocenters. The van der Waals surface area contributed by atoms with Crippen LogP contribution in [0.25, 0.3) is 21.8 Å². The Morgan fingerprint density at radius 3 is 1.59 bits per heavy atom. The monoisotopic (exact) mass is 903 g/mol. The molecule has 0 saturated carbocycles. The minimum absolute atomic E-state index is 0.0527. The van der Waals surface area contributed by atoms with Gasteiger partial charge in [0.15, 0.2) is 5.78 Å². The van der Waals surface area contributed by atoms with Crippen LogP contribution in [0.3, 0.4) is 0 Å². The number of benzene rings is 4. The van der Waals surface area contributed by atoms with Crippen molar-refractivity contribution in [1.82, 2.24) is 19.9 Å². The Hall–Kier alpha value is -3.85. The highest BCUT2D eigenvalue weighted by molar-refractivity contribution is 6.67. The van der Waals surface area contributed by atoms with Gasteiger partial charge < -0.3 is 21.1 Å². The predicted molar refractivity (Wildman–Crippen MR) is 224 cm³/mol. The third-order valence-corrected chi connectivity index (χ3v) is 9.62. The van der Waals surface area contributed by atoms with Crippen molar-refractivity contribution in [2.75, 3.05) is 41.3 Å². The maximum absolute atomic E-state index is 14.1. The fourth-order valence-electron chi connectivity index (χ4n) is 4.76. The largest absolute Gasteiger partial charge is 0.399 e. The molecule has 294 valence electrons. The highest BCUT2D eigenvalue weighted by Crippen LogP contribution is 2.33. The summed E-state index contributed by atoms with van der Waals surface area (Å²) < 4.78 is 33.0. The molecule has 0 bridgehead atoms. The van der Waals surface area contributed by atoms with E-state index in [4.69, 9.17) is 91.7 Å². The zero-order valence-electron chi connectivity index (χ0n) is 28.9. The Morgan fingerprint density at radius 1 is 0.679 bits per heavy atom. The summed E-state index contributed by atoms with van der Waals surface area (Å²) in [6.07, 6.45) is 5.51. The third-order valence-electron chi connectivity index (χ3n) is 7.37. The molecule has 1 saturated heterocycles. The van der Waals surface area contributed by atoms with Crippen LogP contribution < -0.4 is 16.4 Å². The molecule has 0 radical (unpaired) electrons. The van der Waals surface area contributed by atoms with E-state index < -0.39 is 16.9 Å². The lowest BCUT2D eigenvalue weighted by Crippen LogP contribution is -2.04. The average Bonchev–Trinajstić information content (AvgIpc) is 3.78. The number of carbonyl (C=O) groups is 2. The number of Topliss-reactive ketones (excluding diaryl/α,β-unsaturated/α-hetero) is 1. The lowest BCUT2D eigenvalue weighted by Gasteiger charge is -2.11. The number of nitrogen functional groups attached to an aromatic ring is 1. The van der Waals surface area contributed by atoms with Crippen LogP contribution >= 0.6 is 81.2 Å². The zero-order chi connectivity index (χ0) is 40.8. The van der Waals surface area contributed by atoms with Gasteiger partial charge in [0.25, 0.3) is 0 Å². The molecule has 1 fully saturated rings. The summed E-state index contributed by atoms with van der Waals surface area (Å²) in [6.45, 7) is 2.00. The summed E-state index contributed by atoms with van der Waals surface area (Å²) in [5.74, 6) is -0.505. The van der Waals surface area contributed by atoms with Crippen molar-refractivity contribution in [1.29, 1.82) is 0 Å². The van der Waals surface area contributed by atoms with E-state index in [0.29, 0.717) is 39.1 Å². The number of rotatable bonds is 8. The SMILES string of the molecule is C1CCOC1.Nc1ccc2ncnc(Nc3cc(Cl)c(Cl)cc3F)c2c1.O=C(CCl)Cc1ccc2ncnc(Nc3cc(Cl)c(Cl)cc3F)c2c1.O=C(Cl)CCl. The molecule has 6 aromatic rings. The average molecular weight is 907 g/mol. The molecule has 19 heteroatoms. The number of fused-ring (bicyclic) bond motifs is 2. The van der Waals surface area contributed by atoms with Gasteiger partial charge in [0.1, 0.15) is 35.9 Å². The number of anilines is 5. The molecule has 4 N–H and O–H groups in total. The standard InChI is InChI=1S/C17H11Cl3FN3O.C14H9Cl2FN4.C4H8O.C2H2Cl2O/c18-7-10(25)3-9-1-2-15-11(4-9)17(23-8-22-15)24-16-6-13(20)12(19)5-14(16)21;15-9-4-11(17)13(5-10(9)16)21-14-8-3-7(18)1-2-12(8)19-6-20-14;1-2-4-5-3-1;3-1-2(4)5/h1-2,4-6,8H,3,7H2,(H,22,23,24);1-6H,18H2,(H,19,20,21);1-4H2;1H2. The van der Waals surface area contributed by atoms with E-state index >= 15 is 0 Å². The van der Waals surface area contributed by atoms with E-state index in [1.54, 1.807) is 36.4 Å². The fraction of sp³-hybridized carbons (Fsp3) is 0.189. The number of aromatic nitrogens is 4. The fourth-order valence-corrected chi connectivity index (χ4v) is 5.49. The Bertz CT molecular complexity index is 2310. The second kappa shape index (κ2) is 22.2. The molecule has 7 rings (SSSR count). The van der Waals surface area contributed by atoms with E-state index in [9.17, 15) is 18.4 Å². The summed E-state index contributed by atoms with van der Waals surface area (Å²) in [6, 6.07) is 15.6. The summed E-state index contributed by atoms with van der Waals surface area (Å²) in [7, 11) is 0. The van der Waals surface area contributed by atoms with E-state index in [-0.39, 0.29) is 55.4 Å². The van der Waals surface area contributed by atoms with Crippen molar-refractivity contribution in [3.8, 4) is 0 Å². The Kier molecular flexibility index (Phi) is 17.8. The van der Waals surface area contributed by atoms with E-state index in [0.717, 1.165) is 30.9 Å². The number of hydrogen-bond donors (Lipinski definition) is 3. The van der Waals surface area contributed by atoms with Gasteiger partial charge in [-0.1, -0.05) is 52.5 Å². The van der Waals surface area contributed by atoms with Crippen LogP contribution in [0.2, 0.25) is 20.1 Å². The quantitative estimate of drug-likeness (QED) is 0.0584. The van der Waals surface area contributed by atoms with Gasteiger partial charge in [-0.3, -0.25) is 9.59 Å². The minimum Gasteiger partial charge on any atom is -0.399 e.